The molecule has 0 amide bonds. The van der Waals surface area contributed by atoms with Crippen LogP contribution in [0.2, 0.25) is 0 Å². The normalized spacial score (nSPS) is 11.5. The van der Waals surface area contributed by atoms with Crippen molar-refractivity contribution in [2.75, 3.05) is 7.11 Å². The highest BCUT2D eigenvalue weighted by Gasteiger charge is 2.31. The molecule has 106 valence electrons. The Morgan fingerprint density at radius 2 is 1.75 bits per heavy atom. The Labute approximate surface area is 110 Å². The van der Waals surface area contributed by atoms with E-state index in [0.29, 0.717) is 12.1 Å². The van der Waals surface area contributed by atoms with Gasteiger partial charge in [0.2, 0.25) is 5.78 Å². The monoisotopic (exact) mass is 286 g/mol. The fourth-order valence-corrected chi connectivity index (χ4v) is 1.33. The molecule has 0 fully saturated rings. The van der Waals surface area contributed by atoms with Gasteiger partial charge in [-0.05, 0) is 6.07 Å². The number of methoxy groups -OCH3 is 1. The number of alkyl halides is 1. The van der Waals surface area contributed by atoms with Crippen LogP contribution >= 0.6 is 0 Å². The van der Waals surface area contributed by atoms with E-state index in [1.54, 1.807) is 0 Å². The first-order chi connectivity index (χ1) is 9.29. The molecular weight excluding hydrogens is 279 g/mol. The van der Waals surface area contributed by atoms with Crippen molar-refractivity contribution in [3.63, 3.8) is 0 Å². The topological polar surface area (TPSA) is 130 Å². The van der Waals surface area contributed by atoms with Crippen LogP contribution in [0.5, 0.6) is 0 Å². The Morgan fingerprint density at radius 1 is 1.20 bits per heavy atom. The molecule has 1 unspecified atom stereocenters. The summed E-state index contributed by atoms with van der Waals surface area (Å²) in [5, 5.41) is 21.2. The summed E-state index contributed by atoms with van der Waals surface area (Å²) in [6.45, 7) is 0. The predicted molar refractivity (Wildman–Crippen MR) is 61.0 cm³/mol. The number of esters is 1. The molecule has 0 spiro atoms. The number of carbonyl (C=O) groups excluding carboxylic acids is 2. The van der Waals surface area contributed by atoms with Crippen LogP contribution in [-0.4, -0.2) is 34.9 Å². The molecule has 0 N–H and O–H groups in total. The largest absolute Gasteiger partial charge is 0.467 e. The van der Waals surface area contributed by atoms with E-state index in [-0.39, 0.29) is 0 Å². The highest BCUT2D eigenvalue weighted by molar-refractivity contribution is 6.11. The smallest absolute Gasteiger partial charge is 0.348 e. The van der Waals surface area contributed by atoms with Gasteiger partial charge in [-0.25, -0.2) is 9.18 Å². The van der Waals surface area contributed by atoms with E-state index in [0.717, 1.165) is 13.2 Å². The second kappa shape index (κ2) is 5.82. The Morgan fingerprint density at radius 3 is 2.20 bits per heavy atom. The molecule has 0 aliphatic carbocycles. The summed E-state index contributed by atoms with van der Waals surface area (Å²) in [4.78, 5) is 41.5. The van der Waals surface area contributed by atoms with Crippen molar-refractivity contribution in [1.82, 2.24) is 0 Å². The average Bonchev–Trinajstić information content (AvgIpc) is 2.43. The molecule has 1 rings (SSSR count). The molecule has 0 heterocycles. The quantitative estimate of drug-likeness (QED) is 0.261. The zero-order valence-corrected chi connectivity index (χ0v) is 9.94. The number of Topliss-reactive ketones (excluding diaryl/α,β-unsaturated/α-hetero) is 1. The lowest BCUT2D eigenvalue weighted by Crippen LogP contribution is -2.27. The number of ether oxygens (including phenoxy) is 1. The summed E-state index contributed by atoms with van der Waals surface area (Å²) in [6.07, 6.45) is -2.65. The molecule has 0 radical (unpaired) electrons. The molecule has 0 aliphatic heterocycles. The Hall–Kier alpha value is -2.91. The van der Waals surface area contributed by atoms with E-state index < -0.39 is 44.7 Å². The molecular formula is C10H7FN2O7. The number of rotatable bonds is 5. The number of hydrogen-bond donors (Lipinski definition) is 0. The van der Waals surface area contributed by atoms with Gasteiger partial charge in [0.1, 0.15) is 0 Å². The minimum Gasteiger partial charge on any atom is -0.467 e. The van der Waals surface area contributed by atoms with Crippen LogP contribution in [-0.2, 0) is 9.53 Å². The maximum atomic E-state index is 13.3. The third-order valence-corrected chi connectivity index (χ3v) is 2.29. The van der Waals surface area contributed by atoms with Gasteiger partial charge in [0.05, 0.1) is 17.0 Å². The van der Waals surface area contributed by atoms with Gasteiger partial charge in [0.25, 0.3) is 6.17 Å². The van der Waals surface area contributed by atoms with Crippen molar-refractivity contribution < 1.29 is 28.6 Å². The Balaban J connectivity index is 3.25. The van der Waals surface area contributed by atoms with Gasteiger partial charge in [0, 0.05) is 17.7 Å². The zero-order chi connectivity index (χ0) is 15.4. The average molecular weight is 286 g/mol. The molecule has 0 aliphatic rings. The highest BCUT2D eigenvalue weighted by Crippen LogP contribution is 2.28. The second-order valence-corrected chi connectivity index (χ2v) is 3.47. The summed E-state index contributed by atoms with van der Waals surface area (Å²) in [6, 6.07) is 2.05. The SMILES string of the molecule is COC(=O)C(F)C(=O)c1ccc([N+](=O)[O-])c([N+](=O)[O-])c1. The van der Waals surface area contributed by atoms with Crippen molar-refractivity contribution in [2.24, 2.45) is 0 Å². The van der Waals surface area contributed by atoms with Gasteiger partial charge in [0.15, 0.2) is 0 Å². The molecule has 20 heavy (non-hydrogen) atoms. The number of hydrogen-bond acceptors (Lipinski definition) is 7. The van der Waals surface area contributed by atoms with Crippen molar-refractivity contribution in [3.05, 3.63) is 44.0 Å². The third kappa shape index (κ3) is 2.91. The summed E-state index contributed by atoms with van der Waals surface area (Å²) < 4.78 is 17.4. The number of ketones is 1. The minimum absolute atomic E-state index is 0.538. The standard InChI is InChI=1S/C10H7FN2O7/c1-20-10(15)8(11)9(14)5-2-3-6(12(16)17)7(4-5)13(18)19/h2-4,8H,1H3. The zero-order valence-electron chi connectivity index (χ0n) is 9.94. The van der Waals surface area contributed by atoms with Crippen LogP contribution in [0.4, 0.5) is 15.8 Å². The summed E-state index contributed by atoms with van der Waals surface area (Å²) in [7, 11) is 0.862. The van der Waals surface area contributed by atoms with Gasteiger partial charge < -0.3 is 4.74 Å². The second-order valence-electron chi connectivity index (χ2n) is 3.47. The van der Waals surface area contributed by atoms with E-state index >= 15 is 0 Å². The molecule has 0 bridgehead atoms. The van der Waals surface area contributed by atoms with Gasteiger partial charge in [-0.1, -0.05) is 0 Å². The molecule has 0 saturated heterocycles. The molecule has 0 aromatic heterocycles. The van der Waals surface area contributed by atoms with Crippen LogP contribution in [0.15, 0.2) is 18.2 Å². The lowest BCUT2D eigenvalue weighted by Gasteiger charge is -2.05. The summed E-state index contributed by atoms with van der Waals surface area (Å²) >= 11 is 0. The predicted octanol–water partition coefficient (Wildman–Crippen LogP) is 1.20. The van der Waals surface area contributed by atoms with Crippen molar-refractivity contribution in [3.8, 4) is 0 Å². The van der Waals surface area contributed by atoms with Gasteiger partial charge in [-0.3, -0.25) is 25.0 Å². The first-order valence-electron chi connectivity index (χ1n) is 4.98. The van der Waals surface area contributed by atoms with Gasteiger partial charge >= 0.3 is 17.3 Å². The van der Waals surface area contributed by atoms with E-state index in [1.165, 1.54) is 0 Å². The van der Waals surface area contributed by atoms with Crippen molar-refractivity contribution in [1.29, 1.82) is 0 Å². The number of nitrogens with zero attached hydrogens (tertiary/aromatic N) is 2. The van der Waals surface area contributed by atoms with Crippen LogP contribution in [0.25, 0.3) is 0 Å². The third-order valence-electron chi connectivity index (χ3n) is 2.29. The summed E-state index contributed by atoms with van der Waals surface area (Å²) in [5.74, 6) is -2.84. The molecule has 1 aromatic rings. The Kier molecular flexibility index (Phi) is 4.41. The first kappa shape index (κ1) is 15.1. The number of nitro benzene ring substituents is 2. The van der Waals surface area contributed by atoms with E-state index in [2.05, 4.69) is 4.74 Å². The maximum Gasteiger partial charge on any atom is 0.348 e. The Bertz CT molecular complexity index is 601. The van der Waals surface area contributed by atoms with Crippen LogP contribution in [0.3, 0.4) is 0 Å². The van der Waals surface area contributed by atoms with Crippen molar-refractivity contribution in [2.45, 2.75) is 6.17 Å². The first-order valence-corrected chi connectivity index (χ1v) is 4.98. The number of carbonyl (C=O) groups is 2. The number of benzene rings is 1. The van der Waals surface area contributed by atoms with E-state index in [9.17, 15) is 34.2 Å². The summed E-state index contributed by atoms with van der Waals surface area (Å²) in [5.41, 5.74) is -2.36. The number of halogens is 1. The molecule has 10 heteroatoms. The van der Waals surface area contributed by atoms with Gasteiger partial charge in [-0.15, -0.1) is 0 Å². The van der Waals surface area contributed by atoms with Crippen LogP contribution in [0, 0.1) is 20.2 Å². The lowest BCUT2D eigenvalue weighted by atomic mass is 10.1. The fourth-order valence-electron chi connectivity index (χ4n) is 1.33. The van der Waals surface area contributed by atoms with E-state index in [1.807, 2.05) is 0 Å². The maximum absolute atomic E-state index is 13.3. The molecule has 9 nitrogen and oxygen atoms in total. The fraction of sp³-hybridized carbons (Fsp3) is 0.200. The molecule has 1 atom stereocenters. The van der Waals surface area contributed by atoms with Crippen LogP contribution < -0.4 is 0 Å². The number of nitro groups is 2. The van der Waals surface area contributed by atoms with Gasteiger partial charge in [-0.2, -0.15) is 0 Å². The minimum atomic E-state index is -2.65. The van der Waals surface area contributed by atoms with Crippen molar-refractivity contribution >= 4 is 23.1 Å². The van der Waals surface area contributed by atoms with Crippen LogP contribution in [0.1, 0.15) is 10.4 Å². The molecule has 0 saturated carbocycles. The molecule has 1 aromatic carbocycles. The lowest BCUT2D eigenvalue weighted by molar-refractivity contribution is -0.422. The highest BCUT2D eigenvalue weighted by atomic mass is 19.1. The van der Waals surface area contributed by atoms with E-state index in [4.69, 9.17) is 0 Å².